The third-order valence-electron chi connectivity index (χ3n) is 4.30. The first-order valence-corrected chi connectivity index (χ1v) is 6.58. The summed E-state index contributed by atoms with van der Waals surface area (Å²) in [5.41, 5.74) is 9.13. The van der Waals surface area contributed by atoms with E-state index < -0.39 is 0 Å². The Morgan fingerprint density at radius 2 is 2.12 bits per heavy atom. The highest BCUT2D eigenvalue weighted by Crippen LogP contribution is 2.38. The maximum atomic E-state index is 6.14. The Morgan fingerprint density at radius 3 is 2.81 bits per heavy atom. The molecule has 0 aromatic carbocycles. The Balaban J connectivity index is 1.66. The van der Waals surface area contributed by atoms with Crippen molar-refractivity contribution < 1.29 is 0 Å². The normalized spacial score (nSPS) is 23.8. The second kappa shape index (κ2) is 3.88. The van der Waals surface area contributed by atoms with Gasteiger partial charge in [0.1, 0.15) is 0 Å². The van der Waals surface area contributed by atoms with Crippen LogP contribution in [0.25, 0.3) is 0 Å². The maximum absolute atomic E-state index is 6.14. The average molecular weight is 219 g/mol. The van der Waals surface area contributed by atoms with Gasteiger partial charge >= 0.3 is 0 Å². The predicted octanol–water partition coefficient (Wildman–Crippen LogP) is 2.49. The highest BCUT2D eigenvalue weighted by Gasteiger charge is 2.37. The van der Waals surface area contributed by atoms with Crippen LogP contribution in [0.15, 0.2) is 6.20 Å². The van der Waals surface area contributed by atoms with Crippen molar-refractivity contribution in [2.24, 2.45) is 5.73 Å². The van der Waals surface area contributed by atoms with Gasteiger partial charge < -0.3 is 5.73 Å². The lowest BCUT2D eigenvalue weighted by Crippen LogP contribution is -2.22. The van der Waals surface area contributed by atoms with E-state index in [1.807, 2.05) is 6.20 Å². The van der Waals surface area contributed by atoms with E-state index >= 15 is 0 Å². The predicted molar refractivity (Wildman–Crippen MR) is 64.3 cm³/mol. The van der Waals surface area contributed by atoms with E-state index in [2.05, 4.69) is 10.2 Å². The smallest absolute Gasteiger partial charge is 0.0522 e. The monoisotopic (exact) mass is 219 g/mol. The van der Waals surface area contributed by atoms with Gasteiger partial charge in [-0.05, 0) is 44.1 Å². The van der Waals surface area contributed by atoms with Gasteiger partial charge in [-0.3, -0.25) is 5.10 Å². The quantitative estimate of drug-likeness (QED) is 0.817. The second-order valence-electron chi connectivity index (χ2n) is 5.65. The van der Waals surface area contributed by atoms with Crippen LogP contribution in [-0.4, -0.2) is 15.7 Å². The van der Waals surface area contributed by atoms with Crippen molar-refractivity contribution in [2.45, 2.75) is 62.8 Å². The Hall–Kier alpha value is -0.830. The van der Waals surface area contributed by atoms with E-state index in [0.29, 0.717) is 0 Å². The Labute approximate surface area is 96.8 Å². The molecule has 2 aliphatic carbocycles. The van der Waals surface area contributed by atoms with Gasteiger partial charge in [0.15, 0.2) is 0 Å². The molecule has 1 heterocycles. The van der Waals surface area contributed by atoms with Gasteiger partial charge in [-0.25, -0.2) is 0 Å². The van der Waals surface area contributed by atoms with Gasteiger partial charge in [0.2, 0.25) is 0 Å². The van der Waals surface area contributed by atoms with Crippen molar-refractivity contribution in [3.05, 3.63) is 17.5 Å². The molecule has 16 heavy (non-hydrogen) atoms. The fourth-order valence-electron chi connectivity index (χ4n) is 2.88. The molecular formula is C13H21N3. The lowest BCUT2D eigenvalue weighted by atomic mass is 9.96. The van der Waals surface area contributed by atoms with E-state index in [-0.39, 0.29) is 5.54 Å². The number of nitrogens with one attached hydrogen (secondary N) is 1. The van der Waals surface area contributed by atoms with Gasteiger partial charge in [0, 0.05) is 17.2 Å². The van der Waals surface area contributed by atoms with E-state index in [0.717, 1.165) is 18.8 Å². The fraction of sp³-hybridized carbons (Fsp3) is 0.769. The van der Waals surface area contributed by atoms with Crippen LogP contribution < -0.4 is 5.73 Å². The van der Waals surface area contributed by atoms with E-state index in [1.165, 1.54) is 49.8 Å². The van der Waals surface area contributed by atoms with Gasteiger partial charge in [-0.15, -0.1) is 0 Å². The molecule has 0 spiro atoms. The average Bonchev–Trinajstić information content (AvgIpc) is 2.80. The number of nitrogens with two attached hydrogens (primary N) is 1. The van der Waals surface area contributed by atoms with Crippen LogP contribution in [-0.2, 0) is 6.42 Å². The molecule has 0 amide bonds. The molecule has 88 valence electrons. The third kappa shape index (κ3) is 2.01. The zero-order chi connectivity index (χ0) is 11.0. The molecule has 3 rings (SSSR count). The third-order valence-corrected chi connectivity index (χ3v) is 4.30. The first-order chi connectivity index (χ1) is 7.77. The summed E-state index contributed by atoms with van der Waals surface area (Å²) in [6, 6.07) is 0. The zero-order valence-corrected chi connectivity index (χ0v) is 9.84. The molecule has 1 aromatic heterocycles. The summed E-state index contributed by atoms with van der Waals surface area (Å²) < 4.78 is 0. The number of aryl methyl sites for hydroxylation is 1. The standard InChI is InChI=1S/C13H21N3/c14-13(7-8-13)6-5-11-9-15-16-12(11)10-3-1-2-4-10/h9-10H,1-8,14H2,(H,15,16). The lowest BCUT2D eigenvalue weighted by molar-refractivity contribution is 0.600. The summed E-state index contributed by atoms with van der Waals surface area (Å²) in [5.74, 6) is 0.741. The van der Waals surface area contributed by atoms with Crippen LogP contribution in [0.1, 0.15) is 62.1 Å². The van der Waals surface area contributed by atoms with Crippen molar-refractivity contribution in [3.63, 3.8) is 0 Å². The second-order valence-corrected chi connectivity index (χ2v) is 5.65. The van der Waals surface area contributed by atoms with Crippen molar-refractivity contribution in [3.8, 4) is 0 Å². The fourth-order valence-corrected chi connectivity index (χ4v) is 2.88. The topological polar surface area (TPSA) is 54.7 Å². The number of hydrogen-bond donors (Lipinski definition) is 2. The van der Waals surface area contributed by atoms with E-state index in [4.69, 9.17) is 5.73 Å². The van der Waals surface area contributed by atoms with Gasteiger partial charge in [-0.1, -0.05) is 12.8 Å². The molecule has 3 heteroatoms. The molecule has 2 saturated carbocycles. The van der Waals surface area contributed by atoms with Crippen molar-refractivity contribution in [1.82, 2.24) is 10.2 Å². The first kappa shape index (κ1) is 10.3. The highest BCUT2D eigenvalue weighted by molar-refractivity contribution is 5.22. The van der Waals surface area contributed by atoms with Crippen LogP contribution in [0, 0.1) is 0 Å². The minimum Gasteiger partial charge on any atom is -0.325 e. The maximum Gasteiger partial charge on any atom is 0.0522 e. The Kier molecular flexibility index (Phi) is 2.51. The summed E-state index contributed by atoms with van der Waals surface area (Å²) >= 11 is 0. The Bertz CT molecular complexity index is 359. The lowest BCUT2D eigenvalue weighted by Gasteiger charge is -2.11. The van der Waals surface area contributed by atoms with Crippen LogP contribution >= 0.6 is 0 Å². The molecule has 2 aliphatic rings. The molecule has 0 aliphatic heterocycles. The van der Waals surface area contributed by atoms with E-state index in [9.17, 15) is 0 Å². The van der Waals surface area contributed by atoms with Gasteiger partial charge in [0.25, 0.3) is 0 Å². The molecule has 2 fully saturated rings. The van der Waals surface area contributed by atoms with Gasteiger partial charge in [-0.2, -0.15) is 5.10 Å². The molecule has 0 radical (unpaired) electrons. The number of nitrogens with zero attached hydrogens (tertiary/aromatic N) is 1. The first-order valence-electron chi connectivity index (χ1n) is 6.58. The summed E-state index contributed by atoms with van der Waals surface area (Å²) in [5, 5.41) is 7.44. The number of aromatic amines is 1. The van der Waals surface area contributed by atoms with Crippen molar-refractivity contribution in [2.75, 3.05) is 0 Å². The number of aromatic nitrogens is 2. The highest BCUT2D eigenvalue weighted by atomic mass is 15.1. The summed E-state index contributed by atoms with van der Waals surface area (Å²) in [7, 11) is 0. The molecule has 3 nitrogen and oxygen atoms in total. The zero-order valence-electron chi connectivity index (χ0n) is 9.84. The molecule has 0 saturated heterocycles. The minimum atomic E-state index is 0.171. The largest absolute Gasteiger partial charge is 0.325 e. The summed E-state index contributed by atoms with van der Waals surface area (Å²) in [6.07, 6.45) is 12.1. The minimum absolute atomic E-state index is 0.171. The summed E-state index contributed by atoms with van der Waals surface area (Å²) in [4.78, 5) is 0. The molecular weight excluding hydrogens is 198 g/mol. The van der Waals surface area contributed by atoms with E-state index in [1.54, 1.807) is 0 Å². The van der Waals surface area contributed by atoms with Crippen LogP contribution in [0.2, 0.25) is 0 Å². The number of hydrogen-bond acceptors (Lipinski definition) is 2. The SMILES string of the molecule is NC1(CCc2cn[nH]c2C2CCCC2)CC1. The molecule has 3 N–H and O–H groups in total. The molecule has 1 aromatic rings. The number of H-pyrrole nitrogens is 1. The molecule has 0 unspecified atom stereocenters. The number of rotatable bonds is 4. The van der Waals surface area contributed by atoms with Crippen molar-refractivity contribution >= 4 is 0 Å². The van der Waals surface area contributed by atoms with Crippen LogP contribution in [0.3, 0.4) is 0 Å². The van der Waals surface area contributed by atoms with Crippen molar-refractivity contribution in [1.29, 1.82) is 0 Å². The van der Waals surface area contributed by atoms with Gasteiger partial charge in [0.05, 0.1) is 6.20 Å². The molecule has 0 bridgehead atoms. The van der Waals surface area contributed by atoms with Crippen LogP contribution in [0.5, 0.6) is 0 Å². The van der Waals surface area contributed by atoms with Crippen LogP contribution in [0.4, 0.5) is 0 Å². The Morgan fingerprint density at radius 1 is 1.38 bits per heavy atom. The summed E-state index contributed by atoms with van der Waals surface area (Å²) in [6.45, 7) is 0. The molecule has 0 atom stereocenters.